The minimum atomic E-state index is -0.105. The normalized spacial score (nSPS) is 23.3. The standard InChI is InChI=1S/C13H23N3O2S/c1-3-4-5-6-11-8-10(12(17)18-11)7-9(2)15-16-13(14)19/h10-11H,3-8H2,1-2H3,(H3,14,16,19)/b15-9-/t10-,11-/m0/s1. The monoisotopic (exact) mass is 285 g/mol. The van der Waals surface area contributed by atoms with Crippen LogP contribution in [0.15, 0.2) is 5.10 Å². The maximum Gasteiger partial charge on any atom is 0.309 e. The van der Waals surface area contributed by atoms with Crippen molar-refractivity contribution in [1.29, 1.82) is 0 Å². The fraction of sp³-hybridized carbons (Fsp3) is 0.769. The fourth-order valence-electron chi connectivity index (χ4n) is 2.24. The smallest absolute Gasteiger partial charge is 0.309 e. The summed E-state index contributed by atoms with van der Waals surface area (Å²) in [6.07, 6.45) is 5.94. The molecule has 0 unspecified atom stereocenters. The lowest BCUT2D eigenvalue weighted by atomic mass is 9.97. The Bertz CT molecular complexity index is 358. The van der Waals surface area contributed by atoms with E-state index in [-0.39, 0.29) is 23.1 Å². The van der Waals surface area contributed by atoms with Gasteiger partial charge >= 0.3 is 5.97 Å². The van der Waals surface area contributed by atoms with Crippen molar-refractivity contribution in [2.45, 2.75) is 58.5 Å². The van der Waals surface area contributed by atoms with Crippen molar-refractivity contribution in [3.63, 3.8) is 0 Å². The number of nitrogens with zero attached hydrogens (tertiary/aromatic N) is 1. The molecule has 19 heavy (non-hydrogen) atoms. The lowest BCUT2D eigenvalue weighted by Crippen LogP contribution is -2.25. The van der Waals surface area contributed by atoms with Crippen LogP contribution in [0.3, 0.4) is 0 Å². The maximum atomic E-state index is 11.7. The summed E-state index contributed by atoms with van der Waals surface area (Å²) < 4.78 is 5.38. The molecule has 0 aromatic heterocycles. The number of hydrazone groups is 1. The van der Waals surface area contributed by atoms with Crippen LogP contribution in [0.2, 0.25) is 0 Å². The van der Waals surface area contributed by atoms with Gasteiger partial charge in [-0.15, -0.1) is 0 Å². The molecule has 1 heterocycles. The third-order valence-electron chi connectivity index (χ3n) is 3.19. The van der Waals surface area contributed by atoms with Gasteiger partial charge in [-0.05, 0) is 38.4 Å². The lowest BCUT2D eigenvalue weighted by Gasteiger charge is -2.07. The van der Waals surface area contributed by atoms with E-state index in [0.29, 0.717) is 6.42 Å². The Morgan fingerprint density at radius 1 is 1.58 bits per heavy atom. The highest BCUT2D eigenvalue weighted by Gasteiger charge is 2.34. The second-order valence-electron chi connectivity index (χ2n) is 5.01. The van der Waals surface area contributed by atoms with E-state index in [4.69, 9.17) is 10.5 Å². The van der Waals surface area contributed by atoms with Crippen molar-refractivity contribution in [3.05, 3.63) is 0 Å². The molecular weight excluding hydrogens is 262 g/mol. The van der Waals surface area contributed by atoms with Gasteiger partial charge < -0.3 is 10.5 Å². The number of nitrogens with two attached hydrogens (primary N) is 1. The Hall–Kier alpha value is -1.17. The van der Waals surface area contributed by atoms with Gasteiger partial charge in [0.05, 0.1) is 5.92 Å². The highest BCUT2D eigenvalue weighted by Crippen LogP contribution is 2.27. The summed E-state index contributed by atoms with van der Waals surface area (Å²) in [6, 6.07) is 0. The first-order valence-corrected chi connectivity index (χ1v) is 7.22. The summed E-state index contributed by atoms with van der Waals surface area (Å²) in [6.45, 7) is 4.02. The maximum absolute atomic E-state index is 11.7. The minimum absolute atomic E-state index is 0.0801. The zero-order valence-electron chi connectivity index (χ0n) is 11.6. The molecule has 0 radical (unpaired) electrons. The van der Waals surface area contributed by atoms with Crippen LogP contribution in [0.4, 0.5) is 0 Å². The summed E-state index contributed by atoms with van der Waals surface area (Å²) in [5.41, 5.74) is 8.63. The molecule has 2 atom stereocenters. The Kier molecular flexibility index (Phi) is 6.77. The molecule has 0 saturated carbocycles. The van der Waals surface area contributed by atoms with Crippen molar-refractivity contribution >= 4 is 29.0 Å². The predicted octanol–water partition coefficient (Wildman–Crippen LogP) is 2.10. The van der Waals surface area contributed by atoms with E-state index >= 15 is 0 Å². The van der Waals surface area contributed by atoms with E-state index in [0.717, 1.165) is 25.0 Å². The number of carbonyl (C=O) groups excluding carboxylic acids is 1. The molecule has 0 bridgehead atoms. The number of rotatable bonds is 7. The van der Waals surface area contributed by atoms with Crippen LogP contribution < -0.4 is 11.2 Å². The molecule has 3 N–H and O–H groups in total. The topological polar surface area (TPSA) is 76.7 Å². The Balaban J connectivity index is 2.36. The fourth-order valence-corrected chi connectivity index (χ4v) is 2.29. The molecular formula is C13H23N3O2S. The van der Waals surface area contributed by atoms with Gasteiger partial charge in [0.1, 0.15) is 6.10 Å². The van der Waals surface area contributed by atoms with Crippen molar-refractivity contribution < 1.29 is 9.53 Å². The van der Waals surface area contributed by atoms with Gasteiger partial charge in [-0.1, -0.05) is 19.8 Å². The SMILES string of the molecule is CCCCC[C@H]1C[C@H](C/C(C)=N\NC(N)=S)C(=O)O1. The molecule has 5 nitrogen and oxygen atoms in total. The lowest BCUT2D eigenvalue weighted by molar-refractivity contribution is -0.144. The summed E-state index contributed by atoms with van der Waals surface area (Å²) in [7, 11) is 0. The van der Waals surface area contributed by atoms with Gasteiger partial charge in [-0.2, -0.15) is 5.10 Å². The third kappa shape index (κ3) is 6.00. The van der Waals surface area contributed by atoms with E-state index in [9.17, 15) is 4.79 Å². The summed E-state index contributed by atoms with van der Waals surface area (Å²) in [5, 5.41) is 4.15. The van der Waals surface area contributed by atoms with E-state index in [1.54, 1.807) is 0 Å². The van der Waals surface area contributed by atoms with Crippen molar-refractivity contribution in [2.75, 3.05) is 0 Å². The predicted molar refractivity (Wildman–Crippen MR) is 79.8 cm³/mol. The van der Waals surface area contributed by atoms with E-state index in [1.807, 2.05) is 6.92 Å². The van der Waals surface area contributed by atoms with E-state index < -0.39 is 0 Å². The molecule has 0 aromatic carbocycles. The zero-order valence-corrected chi connectivity index (χ0v) is 12.5. The number of carbonyl (C=O) groups is 1. The molecule has 0 aliphatic carbocycles. The van der Waals surface area contributed by atoms with Crippen molar-refractivity contribution in [1.82, 2.24) is 5.43 Å². The molecule has 6 heteroatoms. The van der Waals surface area contributed by atoms with Crippen LogP contribution in [0.1, 0.15) is 52.4 Å². The number of thiocarbonyl (C=S) groups is 1. The van der Waals surface area contributed by atoms with Gasteiger partial charge in [0.25, 0.3) is 0 Å². The quantitative estimate of drug-likeness (QED) is 0.246. The van der Waals surface area contributed by atoms with Gasteiger partial charge in [-0.25, -0.2) is 0 Å². The summed E-state index contributed by atoms with van der Waals surface area (Å²) >= 11 is 4.67. The van der Waals surface area contributed by atoms with Crippen molar-refractivity contribution in [2.24, 2.45) is 16.8 Å². The third-order valence-corrected chi connectivity index (χ3v) is 3.28. The van der Waals surface area contributed by atoms with Gasteiger partial charge in [-0.3, -0.25) is 10.2 Å². The molecule has 1 fully saturated rings. The molecule has 1 saturated heterocycles. The molecule has 0 spiro atoms. The van der Waals surface area contributed by atoms with Gasteiger partial charge in [0.2, 0.25) is 0 Å². The Morgan fingerprint density at radius 3 is 2.95 bits per heavy atom. The zero-order chi connectivity index (χ0) is 14.3. The molecule has 108 valence electrons. The minimum Gasteiger partial charge on any atom is -0.462 e. The molecule has 0 amide bonds. The number of hydrogen-bond acceptors (Lipinski definition) is 4. The van der Waals surface area contributed by atoms with Crippen LogP contribution in [0, 0.1) is 5.92 Å². The highest BCUT2D eigenvalue weighted by atomic mass is 32.1. The first kappa shape index (κ1) is 15.9. The molecule has 1 rings (SSSR count). The number of cyclic esters (lactones) is 1. The number of ether oxygens (including phenoxy) is 1. The Labute approximate surface area is 120 Å². The highest BCUT2D eigenvalue weighted by molar-refractivity contribution is 7.80. The van der Waals surface area contributed by atoms with Crippen LogP contribution in [-0.2, 0) is 9.53 Å². The van der Waals surface area contributed by atoms with Gasteiger partial charge in [0.15, 0.2) is 5.11 Å². The summed E-state index contributed by atoms with van der Waals surface area (Å²) in [5.74, 6) is -0.185. The largest absolute Gasteiger partial charge is 0.462 e. The molecule has 0 aromatic rings. The number of hydrogen-bond donors (Lipinski definition) is 2. The number of esters is 1. The average molecular weight is 285 g/mol. The second kappa shape index (κ2) is 8.09. The van der Waals surface area contributed by atoms with Gasteiger partial charge in [0, 0.05) is 12.1 Å². The van der Waals surface area contributed by atoms with Crippen LogP contribution >= 0.6 is 12.2 Å². The van der Waals surface area contributed by atoms with E-state index in [2.05, 4.69) is 29.7 Å². The van der Waals surface area contributed by atoms with Crippen molar-refractivity contribution in [3.8, 4) is 0 Å². The Morgan fingerprint density at radius 2 is 2.32 bits per heavy atom. The van der Waals surface area contributed by atoms with E-state index in [1.165, 1.54) is 12.8 Å². The van der Waals surface area contributed by atoms with Crippen LogP contribution in [0.5, 0.6) is 0 Å². The second-order valence-corrected chi connectivity index (χ2v) is 5.45. The van der Waals surface area contributed by atoms with Crippen LogP contribution in [-0.4, -0.2) is 22.9 Å². The molecule has 1 aliphatic rings. The number of unbranched alkanes of at least 4 members (excludes halogenated alkanes) is 2. The summed E-state index contributed by atoms with van der Waals surface area (Å²) in [4.78, 5) is 11.7. The average Bonchev–Trinajstić information content (AvgIpc) is 2.68. The molecule has 1 aliphatic heterocycles. The first-order valence-electron chi connectivity index (χ1n) is 6.82. The van der Waals surface area contributed by atoms with Crippen LogP contribution in [0.25, 0.3) is 0 Å². The number of nitrogens with one attached hydrogen (secondary N) is 1. The first-order chi connectivity index (χ1) is 9.02.